The maximum Gasteiger partial charge on any atom is 0.243 e. The molecule has 8 heteroatoms. The zero-order valence-electron chi connectivity index (χ0n) is 19.0. The minimum Gasteiger partial charge on any atom is -0.379 e. The van der Waals surface area contributed by atoms with Crippen LogP contribution in [-0.4, -0.2) is 112 Å². The van der Waals surface area contributed by atoms with Crippen LogP contribution < -0.4 is 5.32 Å². The molecule has 2 saturated heterocycles. The monoisotopic (exact) mass is 423 g/mol. The van der Waals surface area contributed by atoms with Gasteiger partial charge >= 0.3 is 0 Å². The summed E-state index contributed by atoms with van der Waals surface area (Å²) in [6.45, 7) is 8.35. The first-order valence-electron chi connectivity index (χ1n) is 11.8. The van der Waals surface area contributed by atoms with Gasteiger partial charge in [-0.15, -0.1) is 0 Å². The largest absolute Gasteiger partial charge is 0.379 e. The molecule has 1 saturated carbocycles. The van der Waals surface area contributed by atoms with Crippen LogP contribution in [0.25, 0.3) is 0 Å². The number of likely N-dealkylation sites (tertiary alicyclic amines) is 1. The fraction of sp³-hybridized carbons (Fsp3) is 0.909. The molecule has 8 nitrogen and oxygen atoms in total. The van der Waals surface area contributed by atoms with Crippen molar-refractivity contribution in [3.05, 3.63) is 0 Å². The van der Waals surface area contributed by atoms with E-state index in [0.29, 0.717) is 6.10 Å². The van der Waals surface area contributed by atoms with Gasteiger partial charge in [0.1, 0.15) is 6.54 Å². The summed E-state index contributed by atoms with van der Waals surface area (Å²) in [5, 5.41) is 3.50. The second-order valence-corrected chi connectivity index (χ2v) is 8.98. The fourth-order valence-electron chi connectivity index (χ4n) is 4.39. The Morgan fingerprint density at radius 2 is 1.80 bits per heavy atom. The van der Waals surface area contributed by atoms with Crippen LogP contribution in [-0.2, 0) is 14.3 Å². The van der Waals surface area contributed by atoms with Crippen molar-refractivity contribution in [2.45, 2.75) is 44.6 Å². The van der Waals surface area contributed by atoms with Gasteiger partial charge in [-0.1, -0.05) is 12.8 Å². The molecule has 1 amide bonds. The fourth-order valence-corrected chi connectivity index (χ4v) is 4.39. The lowest BCUT2D eigenvalue weighted by Gasteiger charge is -2.35. The molecule has 2 heterocycles. The summed E-state index contributed by atoms with van der Waals surface area (Å²) in [6, 6.07) is 0. The van der Waals surface area contributed by atoms with Crippen molar-refractivity contribution < 1.29 is 14.3 Å². The van der Waals surface area contributed by atoms with Crippen LogP contribution in [0.15, 0.2) is 4.99 Å². The van der Waals surface area contributed by atoms with E-state index in [1.165, 1.54) is 25.7 Å². The second-order valence-electron chi connectivity index (χ2n) is 8.98. The highest BCUT2D eigenvalue weighted by atomic mass is 16.5. The van der Waals surface area contributed by atoms with Crippen LogP contribution in [0.4, 0.5) is 0 Å². The third-order valence-electron chi connectivity index (χ3n) is 6.46. The SMILES string of the molecule is CN(C)C(=O)CN=C(NCCN1CCOCC1)N1CCC(OCC2CCCC2)CC1. The van der Waals surface area contributed by atoms with E-state index in [9.17, 15) is 4.79 Å². The Bertz CT molecular complexity index is 537. The molecule has 2 aliphatic heterocycles. The molecular formula is C22H41N5O3. The Kier molecular flexibility index (Phi) is 9.68. The van der Waals surface area contributed by atoms with Crippen LogP contribution in [0.5, 0.6) is 0 Å². The summed E-state index contributed by atoms with van der Waals surface area (Å²) in [5.41, 5.74) is 0. The van der Waals surface area contributed by atoms with E-state index in [4.69, 9.17) is 9.47 Å². The molecule has 172 valence electrons. The Morgan fingerprint density at radius 1 is 1.10 bits per heavy atom. The summed E-state index contributed by atoms with van der Waals surface area (Å²) in [6.07, 6.45) is 7.82. The molecule has 3 fully saturated rings. The molecule has 0 spiro atoms. The molecule has 0 unspecified atom stereocenters. The number of nitrogens with one attached hydrogen (secondary N) is 1. The van der Waals surface area contributed by atoms with E-state index in [1.54, 1.807) is 19.0 Å². The lowest BCUT2D eigenvalue weighted by Crippen LogP contribution is -2.49. The maximum atomic E-state index is 12.0. The number of likely N-dealkylation sites (N-methyl/N-ethyl adjacent to an activating group) is 1. The molecule has 0 aromatic carbocycles. The second kappa shape index (κ2) is 12.5. The van der Waals surface area contributed by atoms with E-state index >= 15 is 0 Å². The van der Waals surface area contributed by atoms with Crippen LogP contribution in [0, 0.1) is 5.92 Å². The van der Waals surface area contributed by atoms with Gasteiger partial charge in [0.25, 0.3) is 0 Å². The number of ether oxygens (including phenoxy) is 2. The summed E-state index contributed by atoms with van der Waals surface area (Å²) >= 11 is 0. The Balaban J connectivity index is 1.45. The summed E-state index contributed by atoms with van der Waals surface area (Å²) in [7, 11) is 3.55. The number of hydrogen-bond acceptors (Lipinski definition) is 5. The number of morpholine rings is 1. The third kappa shape index (κ3) is 7.71. The zero-order valence-corrected chi connectivity index (χ0v) is 19.0. The number of piperidine rings is 1. The molecule has 0 aromatic heterocycles. The molecule has 30 heavy (non-hydrogen) atoms. The maximum absolute atomic E-state index is 12.0. The first-order valence-corrected chi connectivity index (χ1v) is 11.8. The topological polar surface area (TPSA) is 69.6 Å². The van der Waals surface area contributed by atoms with E-state index in [0.717, 1.165) is 83.8 Å². The van der Waals surface area contributed by atoms with Crippen LogP contribution in [0.1, 0.15) is 38.5 Å². The lowest BCUT2D eigenvalue weighted by atomic mass is 10.1. The highest BCUT2D eigenvalue weighted by Gasteiger charge is 2.24. The molecule has 0 radical (unpaired) electrons. The minimum atomic E-state index is 0.0252. The molecule has 0 bridgehead atoms. The van der Waals surface area contributed by atoms with Crippen molar-refractivity contribution in [3.63, 3.8) is 0 Å². The molecule has 1 N–H and O–H groups in total. The van der Waals surface area contributed by atoms with E-state index in [-0.39, 0.29) is 12.5 Å². The third-order valence-corrected chi connectivity index (χ3v) is 6.46. The highest BCUT2D eigenvalue weighted by molar-refractivity contribution is 5.84. The normalized spacial score (nSPS) is 22.5. The smallest absolute Gasteiger partial charge is 0.243 e. The van der Waals surface area contributed by atoms with E-state index in [2.05, 4.69) is 20.1 Å². The van der Waals surface area contributed by atoms with Crippen LogP contribution in [0.2, 0.25) is 0 Å². The van der Waals surface area contributed by atoms with Gasteiger partial charge in [-0.25, -0.2) is 4.99 Å². The van der Waals surface area contributed by atoms with Crippen molar-refractivity contribution >= 4 is 11.9 Å². The molecule has 0 atom stereocenters. The quantitative estimate of drug-likeness (QED) is 0.464. The number of rotatable bonds is 8. The molecule has 0 aromatic rings. The average molecular weight is 424 g/mol. The Labute approximate surface area is 181 Å². The van der Waals surface area contributed by atoms with Gasteiger partial charge in [0.15, 0.2) is 5.96 Å². The van der Waals surface area contributed by atoms with Crippen molar-refractivity contribution in [3.8, 4) is 0 Å². The summed E-state index contributed by atoms with van der Waals surface area (Å²) in [4.78, 5) is 23.0. The minimum absolute atomic E-state index is 0.0252. The first kappa shape index (κ1) is 23.3. The van der Waals surface area contributed by atoms with Crippen LogP contribution >= 0.6 is 0 Å². The molecule has 1 aliphatic carbocycles. The average Bonchev–Trinajstić information content (AvgIpc) is 3.29. The number of hydrogen-bond donors (Lipinski definition) is 1. The standard InChI is InChI=1S/C22H41N5O3/c1-25(2)21(28)17-24-22(23-9-12-26-13-15-29-16-14-26)27-10-7-20(8-11-27)30-18-19-5-3-4-6-19/h19-20H,3-18H2,1-2H3,(H,23,24). The van der Waals surface area contributed by atoms with Crippen molar-refractivity contribution in [1.82, 2.24) is 20.0 Å². The Morgan fingerprint density at radius 3 is 2.47 bits per heavy atom. The number of carbonyl (C=O) groups is 1. The van der Waals surface area contributed by atoms with Gasteiger partial charge in [0, 0.05) is 60.0 Å². The Hall–Kier alpha value is -1.38. The van der Waals surface area contributed by atoms with Gasteiger partial charge in [0.05, 0.1) is 19.3 Å². The zero-order chi connectivity index (χ0) is 21.2. The van der Waals surface area contributed by atoms with Crippen molar-refractivity contribution in [2.24, 2.45) is 10.9 Å². The summed E-state index contributed by atoms with van der Waals surface area (Å²) < 4.78 is 11.6. The number of amides is 1. The molecular weight excluding hydrogens is 382 g/mol. The predicted molar refractivity (Wildman–Crippen MR) is 119 cm³/mol. The number of carbonyl (C=O) groups excluding carboxylic acids is 1. The van der Waals surface area contributed by atoms with Gasteiger partial charge in [-0.05, 0) is 31.6 Å². The van der Waals surface area contributed by atoms with E-state index < -0.39 is 0 Å². The predicted octanol–water partition coefficient (Wildman–Crippen LogP) is 1.02. The highest BCUT2D eigenvalue weighted by Crippen LogP contribution is 2.26. The molecule has 3 aliphatic rings. The van der Waals surface area contributed by atoms with Gasteiger partial charge in [-0.2, -0.15) is 0 Å². The first-order chi connectivity index (χ1) is 14.6. The van der Waals surface area contributed by atoms with E-state index in [1.807, 2.05) is 0 Å². The van der Waals surface area contributed by atoms with Crippen LogP contribution in [0.3, 0.4) is 0 Å². The van der Waals surface area contributed by atoms with Gasteiger partial charge < -0.3 is 24.6 Å². The van der Waals surface area contributed by atoms with Gasteiger partial charge in [-0.3, -0.25) is 9.69 Å². The van der Waals surface area contributed by atoms with Gasteiger partial charge in [0.2, 0.25) is 5.91 Å². The number of guanidine groups is 1. The van der Waals surface area contributed by atoms with Crippen molar-refractivity contribution in [1.29, 1.82) is 0 Å². The number of aliphatic imine (C=N–C) groups is 1. The number of nitrogens with zero attached hydrogens (tertiary/aromatic N) is 4. The molecule has 3 rings (SSSR count). The summed E-state index contributed by atoms with van der Waals surface area (Å²) in [5.74, 6) is 1.66. The van der Waals surface area contributed by atoms with Crippen molar-refractivity contribution in [2.75, 3.05) is 79.7 Å². The lowest BCUT2D eigenvalue weighted by molar-refractivity contribution is -0.127.